The molecule has 4 aromatic heterocycles. The summed E-state index contributed by atoms with van der Waals surface area (Å²) in [5.74, 6) is 0. The summed E-state index contributed by atoms with van der Waals surface area (Å²) < 4.78 is 8.62. The molecule has 0 aliphatic heterocycles. The summed E-state index contributed by atoms with van der Waals surface area (Å²) in [7, 11) is 0. The molecule has 0 saturated carbocycles. The highest BCUT2D eigenvalue weighted by Gasteiger charge is 2.22. The van der Waals surface area contributed by atoms with Crippen molar-refractivity contribution in [3.05, 3.63) is 127 Å². The van der Waals surface area contributed by atoms with Gasteiger partial charge in [-0.3, -0.25) is 4.57 Å². The lowest BCUT2D eigenvalue weighted by atomic mass is 10.1. The summed E-state index contributed by atoms with van der Waals surface area (Å²) >= 11 is 3.62. The van der Waals surface area contributed by atoms with E-state index in [4.69, 9.17) is 4.98 Å². The van der Waals surface area contributed by atoms with Gasteiger partial charge in [0.25, 0.3) is 0 Å². The molecule has 0 bridgehead atoms. The first-order chi connectivity index (χ1) is 20.8. The van der Waals surface area contributed by atoms with Gasteiger partial charge in [-0.15, -0.1) is 11.3 Å². The van der Waals surface area contributed by atoms with Crippen LogP contribution >= 0.6 is 22.7 Å². The third-order valence-electron chi connectivity index (χ3n) is 8.56. The second kappa shape index (κ2) is 8.29. The topological polar surface area (TPSA) is 22.8 Å². The normalized spacial score (nSPS) is 12.3. The zero-order valence-electron chi connectivity index (χ0n) is 22.3. The standard InChI is InChI=1S/C37H21N3S2/c1-2-10-22(11-3-1)39-27-15-7-4-12-23(27)24-18-19-29-33(36(24)39)25-13-5-8-16-28(25)40(29)37-38-35-32(42-37)21-20-31-34(35)26-14-6-9-17-30(26)41-31/h1-21H. The van der Waals surface area contributed by atoms with Crippen LogP contribution in [-0.4, -0.2) is 14.1 Å². The van der Waals surface area contributed by atoms with E-state index in [1.54, 1.807) is 11.3 Å². The van der Waals surface area contributed by atoms with E-state index < -0.39 is 0 Å². The number of thiazole rings is 1. The van der Waals surface area contributed by atoms with Crippen molar-refractivity contribution < 1.29 is 0 Å². The first-order valence-electron chi connectivity index (χ1n) is 14.1. The molecule has 0 unspecified atom stereocenters. The van der Waals surface area contributed by atoms with Crippen LogP contribution in [0.25, 0.3) is 84.8 Å². The monoisotopic (exact) mass is 571 g/mol. The molecule has 0 N–H and O–H groups in total. The second-order valence-corrected chi connectivity index (χ2v) is 12.9. The lowest BCUT2D eigenvalue weighted by Gasteiger charge is -2.09. The maximum Gasteiger partial charge on any atom is 0.195 e. The zero-order valence-corrected chi connectivity index (χ0v) is 23.9. The van der Waals surface area contributed by atoms with Crippen molar-refractivity contribution in [3.63, 3.8) is 0 Å². The summed E-state index contributed by atoms with van der Waals surface area (Å²) in [5.41, 5.74) is 7.07. The number of hydrogen-bond donors (Lipinski definition) is 0. The van der Waals surface area contributed by atoms with Crippen molar-refractivity contribution in [1.82, 2.24) is 14.1 Å². The molecule has 10 aromatic rings. The Morgan fingerprint density at radius 3 is 1.98 bits per heavy atom. The van der Waals surface area contributed by atoms with E-state index in [1.807, 2.05) is 11.3 Å². The predicted octanol–water partition coefficient (Wildman–Crippen LogP) is 10.9. The molecule has 0 radical (unpaired) electrons. The minimum atomic E-state index is 1.00. The number of rotatable bonds is 2. The van der Waals surface area contributed by atoms with Gasteiger partial charge in [-0.05, 0) is 48.5 Å². The van der Waals surface area contributed by atoms with Crippen molar-refractivity contribution in [2.45, 2.75) is 0 Å². The smallest absolute Gasteiger partial charge is 0.195 e. The molecule has 4 heterocycles. The van der Waals surface area contributed by atoms with Crippen LogP contribution in [-0.2, 0) is 0 Å². The molecule has 0 atom stereocenters. The molecular weight excluding hydrogens is 551 g/mol. The van der Waals surface area contributed by atoms with Crippen molar-refractivity contribution in [3.8, 4) is 10.8 Å². The van der Waals surface area contributed by atoms with Crippen LogP contribution in [0.4, 0.5) is 0 Å². The molecule has 3 nitrogen and oxygen atoms in total. The molecule has 10 rings (SSSR count). The Balaban J connectivity index is 1.37. The highest BCUT2D eigenvalue weighted by molar-refractivity contribution is 7.26. The number of aromatic nitrogens is 3. The Morgan fingerprint density at radius 2 is 1.12 bits per heavy atom. The van der Waals surface area contributed by atoms with Gasteiger partial charge in [0.05, 0.1) is 32.3 Å². The molecule has 0 amide bonds. The number of nitrogens with zero attached hydrogens (tertiary/aromatic N) is 3. The van der Waals surface area contributed by atoms with Gasteiger partial charge in [0.1, 0.15) is 0 Å². The number of thiophene rings is 1. The lowest BCUT2D eigenvalue weighted by molar-refractivity contribution is 1.15. The van der Waals surface area contributed by atoms with Gasteiger partial charge in [-0.2, -0.15) is 0 Å². The lowest BCUT2D eigenvalue weighted by Crippen LogP contribution is -1.94. The van der Waals surface area contributed by atoms with Crippen LogP contribution in [0.3, 0.4) is 0 Å². The molecule has 42 heavy (non-hydrogen) atoms. The van der Waals surface area contributed by atoms with Gasteiger partial charge in [-0.25, -0.2) is 4.98 Å². The van der Waals surface area contributed by atoms with Gasteiger partial charge >= 0.3 is 0 Å². The molecule has 0 fully saturated rings. The van der Waals surface area contributed by atoms with E-state index in [-0.39, 0.29) is 0 Å². The largest absolute Gasteiger partial charge is 0.309 e. The number of benzene rings is 6. The Hall–Kier alpha value is -4.97. The van der Waals surface area contributed by atoms with Crippen LogP contribution in [0, 0.1) is 0 Å². The predicted molar refractivity (Wildman–Crippen MR) is 181 cm³/mol. The van der Waals surface area contributed by atoms with Crippen LogP contribution in [0.1, 0.15) is 0 Å². The minimum Gasteiger partial charge on any atom is -0.309 e. The fourth-order valence-electron chi connectivity index (χ4n) is 6.85. The van der Waals surface area contributed by atoms with Crippen molar-refractivity contribution in [2.75, 3.05) is 0 Å². The van der Waals surface area contributed by atoms with Crippen molar-refractivity contribution in [2.24, 2.45) is 0 Å². The fraction of sp³-hybridized carbons (Fsp3) is 0. The van der Waals surface area contributed by atoms with Gasteiger partial charge in [0, 0.05) is 47.4 Å². The SMILES string of the molecule is c1ccc(-n2c3ccccc3c3ccc4c(c5ccccc5n4-c4nc5c(ccc6sc7ccccc7c65)s4)c32)cc1. The van der Waals surface area contributed by atoms with E-state index in [2.05, 4.69) is 137 Å². The van der Waals surface area contributed by atoms with Crippen molar-refractivity contribution in [1.29, 1.82) is 0 Å². The van der Waals surface area contributed by atoms with Gasteiger partial charge in [-0.1, -0.05) is 90.2 Å². The molecule has 0 aliphatic rings. The van der Waals surface area contributed by atoms with E-state index in [9.17, 15) is 0 Å². The van der Waals surface area contributed by atoms with E-state index in [0.717, 1.165) is 10.6 Å². The zero-order chi connectivity index (χ0) is 27.4. The molecular formula is C37H21N3S2. The number of para-hydroxylation sites is 3. The Labute approximate surface area is 248 Å². The number of fused-ring (bicyclic) bond motifs is 12. The summed E-state index contributed by atoms with van der Waals surface area (Å²) in [6.07, 6.45) is 0. The number of hydrogen-bond acceptors (Lipinski definition) is 3. The Morgan fingerprint density at radius 1 is 0.429 bits per heavy atom. The molecule has 5 heteroatoms. The molecule has 196 valence electrons. The highest BCUT2D eigenvalue weighted by Crippen LogP contribution is 2.44. The summed E-state index contributed by atoms with van der Waals surface area (Å²) in [5, 5.41) is 8.58. The van der Waals surface area contributed by atoms with E-state index >= 15 is 0 Å². The third-order valence-corrected chi connectivity index (χ3v) is 10.7. The molecule has 0 spiro atoms. The van der Waals surface area contributed by atoms with Crippen LogP contribution in [0.5, 0.6) is 0 Å². The van der Waals surface area contributed by atoms with E-state index in [0.29, 0.717) is 0 Å². The van der Waals surface area contributed by atoms with Crippen LogP contribution in [0.15, 0.2) is 127 Å². The second-order valence-electron chi connectivity index (χ2n) is 10.8. The molecule has 0 saturated heterocycles. The maximum absolute atomic E-state index is 5.39. The average Bonchev–Trinajstić information content (AvgIpc) is 3.79. The Bertz CT molecular complexity index is 2690. The minimum absolute atomic E-state index is 1.00. The first-order valence-corrected chi connectivity index (χ1v) is 15.7. The molecule has 0 aliphatic carbocycles. The fourth-order valence-corrected chi connectivity index (χ4v) is 8.96. The summed E-state index contributed by atoms with van der Waals surface area (Å²) in [4.78, 5) is 5.39. The highest BCUT2D eigenvalue weighted by atomic mass is 32.1. The van der Waals surface area contributed by atoms with Gasteiger partial charge in [0.2, 0.25) is 0 Å². The van der Waals surface area contributed by atoms with E-state index in [1.165, 1.54) is 74.2 Å². The van der Waals surface area contributed by atoms with Crippen molar-refractivity contribution >= 4 is 96.7 Å². The third kappa shape index (κ3) is 2.91. The quantitative estimate of drug-likeness (QED) is 0.202. The van der Waals surface area contributed by atoms with Crippen LogP contribution < -0.4 is 0 Å². The van der Waals surface area contributed by atoms with Gasteiger partial charge in [0.15, 0.2) is 5.13 Å². The summed E-state index contributed by atoms with van der Waals surface area (Å²) in [6.45, 7) is 0. The van der Waals surface area contributed by atoms with Crippen LogP contribution in [0.2, 0.25) is 0 Å². The average molecular weight is 572 g/mol. The first kappa shape index (κ1) is 22.7. The Kier molecular flexibility index (Phi) is 4.48. The summed E-state index contributed by atoms with van der Waals surface area (Å²) in [6, 6.07) is 46.1. The molecule has 6 aromatic carbocycles. The van der Waals surface area contributed by atoms with Gasteiger partial charge < -0.3 is 4.57 Å². The maximum atomic E-state index is 5.39.